The van der Waals surface area contributed by atoms with Gasteiger partial charge in [0.2, 0.25) is 0 Å². The average molecular weight is 610 g/mol. The Balaban J connectivity index is 1.17. The van der Waals surface area contributed by atoms with E-state index in [1.165, 1.54) is 7.11 Å². The first kappa shape index (κ1) is 30.3. The molecule has 2 heterocycles. The van der Waals surface area contributed by atoms with Gasteiger partial charge in [-0.1, -0.05) is 19.1 Å². The van der Waals surface area contributed by atoms with Gasteiger partial charge in [-0.25, -0.2) is 0 Å². The van der Waals surface area contributed by atoms with Crippen LogP contribution in [-0.2, 0) is 28.3 Å². The van der Waals surface area contributed by atoms with E-state index in [-0.39, 0.29) is 47.4 Å². The first-order valence-electron chi connectivity index (χ1n) is 15.2. The molecule has 2 aliphatic heterocycles. The summed E-state index contributed by atoms with van der Waals surface area (Å²) in [5.74, 6) is 1.28. The minimum Gasteiger partial charge on any atom is -0.490 e. The summed E-state index contributed by atoms with van der Waals surface area (Å²) in [6.45, 7) is 4.02. The molecule has 2 bridgehead atoms. The number of ether oxygens (including phenoxy) is 2. The van der Waals surface area contributed by atoms with Crippen LogP contribution in [0.2, 0.25) is 0 Å². The van der Waals surface area contributed by atoms with Crippen molar-refractivity contribution in [3.63, 3.8) is 0 Å². The van der Waals surface area contributed by atoms with Gasteiger partial charge in [-0.3, -0.25) is 9.69 Å². The zero-order valence-electron chi connectivity index (χ0n) is 24.5. The lowest BCUT2D eigenvalue weighted by atomic mass is 9.81. The Morgan fingerprint density at radius 2 is 1.72 bits per heavy atom. The van der Waals surface area contributed by atoms with Crippen molar-refractivity contribution in [1.82, 2.24) is 4.90 Å². The maximum absolute atomic E-state index is 13.8. The van der Waals surface area contributed by atoms with Crippen molar-refractivity contribution in [2.45, 2.75) is 88.8 Å². The topological polar surface area (TPSA) is 38.8 Å². The van der Waals surface area contributed by atoms with E-state index in [1.54, 1.807) is 6.92 Å². The Morgan fingerprint density at radius 1 is 0.977 bits per heavy atom. The second-order valence-electron chi connectivity index (χ2n) is 13.0. The molecule has 0 aromatic heterocycles. The van der Waals surface area contributed by atoms with Gasteiger partial charge in [-0.15, -0.1) is 0 Å². The number of fused-ring (bicyclic) bond motifs is 3. The lowest BCUT2D eigenvalue weighted by Crippen LogP contribution is -2.43. The van der Waals surface area contributed by atoms with Crippen molar-refractivity contribution in [2.75, 3.05) is 13.7 Å². The summed E-state index contributed by atoms with van der Waals surface area (Å²) in [6.07, 6.45) is -4.12. The van der Waals surface area contributed by atoms with Gasteiger partial charge < -0.3 is 9.47 Å². The number of halogens is 6. The Kier molecular flexibility index (Phi) is 7.75. The lowest BCUT2D eigenvalue weighted by Gasteiger charge is -2.40. The van der Waals surface area contributed by atoms with Crippen molar-refractivity contribution in [2.24, 2.45) is 23.7 Å². The summed E-state index contributed by atoms with van der Waals surface area (Å²) in [5, 5.41) is 0. The number of carbonyl (C=O) groups excluding carboxylic acids is 1. The Bertz CT molecular complexity index is 1370. The van der Waals surface area contributed by atoms with Crippen molar-refractivity contribution in [3.05, 3.63) is 64.2 Å². The number of likely N-dealkylation sites (tertiary alicyclic amines) is 1. The third-order valence-corrected chi connectivity index (χ3v) is 10.4. The van der Waals surface area contributed by atoms with Gasteiger partial charge in [-0.05, 0) is 104 Å². The van der Waals surface area contributed by atoms with Crippen molar-refractivity contribution >= 4 is 5.97 Å². The molecule has 0 amide bonds. The molecule has 4 aliphatic rings. The van der Waals surface area contributed by atoms with Gasteiger partial charge in [0.15, 0.2) is 0 Å². The number of hydrogen-bond acceptors (Lipinski definition) is 4. The number of hydrogen-bond donors (Lipinski definition) is 0. The molecule has 0 spiro atoms. The van der Waals surface area contributed by atoms with E-state index in [4.69, 9.17) is 9.47 Å². The van der Waals surface area contributed by atoms with Gasteiger partial charge in [0.1, 0.15) is 11.9 Å². The average Bonchev–Trinajstić information content (AvgIpc) is 3.59. The van der Waals surface area contributed by atoms with E-state index in [0.29, 0.717) is 30.7 Å². The van der Waals surface area contributed by atoms with Gasteiger partial charge >= 0.3 is 18.3 Å². The third kappa shape index (κ3) is 5.76. The summed E-state index contributed by atoms with van der Waals surface area (Å²) < 4.78 is 93.4. The quantitative estimate of drug-likeness (QED) is 0.234. The van der Waals surface area contributed by atoms with Crippen molar-refractivity contribution in [3.8, 4) is 5.75 Å². The molecule has 3 fully saturated rings. The highest BCUT2D eigenvalue weighted by molar-refractivity contribution is 5.73. The summed E-state index contributed by atoms with van der Waals surface area (Å²) >= 11 is 0. The predicted molar refractivity (Wildman–Crippen MR) is 147 cm³/mol. The van der Waals surface area contributed by atoms with Gasteiger partial charge in [0, 0.05) is 24.5 Å². The van der Waals surface area contributed by atoms with Gasteiger partial charge in [-0.2, -0.15) is 26.3 Å². The fourth-order valence-corrected chi connectivity index (χ4v) is 8.15. The van der Waals surface area contributed by atoms with Crippen LogP contribution in [0.15, 0.2) is 36.4 Å². The Morgan fingerprint density at radius 3 is 2.33 bits per heavy atom. The van der Waals surface area contributed by atoms with Crippen LogP contribution in [0.3, 0.4) is 0 Å². The van der Waals surface area contributed by atoms with Crippen LogP contribution >= 0.6 is 0 Å². The normalized spacial score (nSPS) is 27.7. The standard InChI is InChI=1S/C33H37F6NO3/c1-17(31(41)42-3)30(20-5-6-20)21-7-4-19-8-11-28(43-29(19)13-21)26-15-24-12-22(26)16-40(24)18(2)25-14-23(32(34,35)36)9-10-27(25)33(37,38)39/h4,7,9-10,13-14,17-18,20,22,24,26,28,30H,5-6,8,11-12,15-16H2,1-3H3. The molecule has 7 atom stereocenters. The highest BCUT2D eigenvalue weighted by Crippen LogP contribution is 2.52. The minimum atomic E-state index is -4.75. The second kappa shape index (κ2) is 11.0. The van der Waals surface area contributed by atoms with E-state index in [9.17, 15) is 31.1 Å². The summed E-state index contributed by atoms with van der Waals surface area (Å²) in [4.78, 5) is 14.3. The first-order chi connectivity index (χ1) is 20.3. The number of rotatable bonds is 7. The van der Waals surface area contributed by atoms with Gasteiger partial charge in [0.25, 0.3) is 0 Å². The monoisotopic (exact) mass is 609 g/mol. The van der Waals surface area contributed by atoms with Crippen LogP contribution in [0.1, 0.15) is 85.7 Å². The molecular formula is C33H37F6NO3. The molecule has 2 saturated carbocycles. The zero-order chi connectivity index (χ0) is 30.8. The summed E-state index contributed by atoms with van der Waals surface area (Å²) in [5.41, 5.74) is -0.199. The molecule has 4 nitrogen and oxygen atoms in total. The summed E-state index contributed by atoms with van der Waals surface area (Å²) in [7, 11) is 1.41. The molecule has 6 rings (SSSR count). The molecule has 2 aromatic carbocycles. The van der Waals surface area contributed by atoms with Crippen LogP contribution in [0.5, 0.6) is 5.75 Å². The number of alkyl halides is 6. The van der Waals surface area contributed by atoms with E-state index >= 15 is 0 Å². The fourth-order valence-electron chi connectivity index (χ4n) is 8.15. The lowest BCUT2D eigenvalue weighted by molar-refractivity contribution is -0.146. The zero-order valence-corrected chi connectivity index (χ0v) is 24.5. The van der Waals surface area contributed by atoms with Crippen molar-refractivity contribution in [1.29, 1.82) is 0 Å². The SMILES string of the molecule is COC(=O)C(C)C(c1ccc2c(c1)OC(C1CC3CC1CN3C(C)c1cc(C(F)(F)F)ccc1C(F)(F)F)CC2)C1CC1. The van der Waals surface area contributed by atoms with E-state index in [0.717, 1.165) is 55.4 Å². The molecule has 0 radical (unpaired) electrons. The number of nitrogens with zero attached hydrogens (tertiary/aromatic N) is 1. The Hall–Kier alpha value is -2.75. The largest absolute Gasteiger partial charge is 0.490 e. The molecule has 7 unspecified atom stereocenters. The molecule has 10 heteroatoms. The smallest absolute Gasteiger partial charge is 0.416 e. The maximum atomic E-state index is 13.8. The van der Waals surface area contributed by atoms with Crippen LogP contribution in [0, 0.1) is 23.7 Å². The summed E-state index contributed by atoms with van der Waals surface area (Å²) in [6, 6.07) is 7.20. The molecule has 1 saturated heterocycles. The predicted octanol–water partition coefficient (Wildman–Crippen LogP) is 8.19. The molecule has 2 aromatic rings. The first-order valence-corrected chi connectivity index (χ1v) is 15.2. The van der Waals surface area contributed by atoms with Crippen LogP contribution in [0.25, 0.3) is 0 Å². The van der Waals surface area contributed by atoms with Gasteiger partial charge in [0.05, 0.1) is 24.2 Å². The highest BCUT2D eigenvalue weighted by atomic mass is 19.4. The van der Waals surface area contributed by atoms with Crippen LogP contribution in [0.4, 0.5) is 26.3 Å². The van der Waals surface area contributed by atoms with Crippen LogP contribution in [-0.4, -0.2) is 36.7 Å². The Labute approximate surface area is 247 Å². The molecular weight excluding hydrogens is 572 g/mol. The van der Waals surface area contributed by atoms with E-state index in [2.05, 4.69) is 18.2 Å². The number of benzene rings is 2. The fraction of sp³-hybridized carbons (Fsp3) is 0.606. The number of methoxy groups -OCH3 is 1. The van der Waals surface area contributed by atoms with Crippen molar-refractivity contribution < 1.29 is 40.6 Å². The number of piperidine rings is 1. The molecule has 2 aliphatic carbocycles. The molecule has 0 N–H and O–H groups in total. The van der Waals surface area contributed by atoms with Crippen LogP contribution < -0.4 is 4.74 Å². The number of carbonyl (C=O) groups is 1. The maximum Gasteiger partial charge on any atom is 0.416 e. The minimum absolute atomic E-state index is 0.0166. The molecule has 234 valence electrons. The molecule has 43 heavy (non-hydrogen) atoms. The second-order valence-corrected chi connectivity index (χ2v) is 13.0. The number of aryl methyl sites for hydroxylation is 1. The van der Waals surface area contributed by atoms with E-state index in [1.807, 2.05) is 11.8 Å². The number of esters is 1. The van der Waals surface area contributed by atoms with E-state index < -0.39 is 29.5 Å². The third-order valence-electron chi connectivity index (χ3n) is 10.4. The highest BCUT2D eigenvalue weighted by Gasteiger charge is 2.51.